The number of carbonyl (C=O) groups excluding carboxylic acids is 2. The molecule has 0 radical (unpaired) electrons. The molecule has 0 saturated heterocycles. The first-order valence-corrected chi connectivity index (χ1v) is 7.38. The lowest BCUT2D eigenvalue weighted by Crippen LogP contribution is -2.29. The van der Waals surface area contributed by atoms with Crippen LogP contribution in [0.2, 0.25) is 5.02 Å². The minimum atomic E-state index is -0.333. The highest BCUT2D eigenvalue weighted by atomic mass is 35.5. The number of hydrogen-bond donors (Lipinski definition) is 0. The molecule has 2 amide bonds. The van der Waals surface area contributed by atoms with Crippen LogP contribution in [0.5, 0.6) is 0 Å². The fourth-order valence-corrected chi connectivity index (χ4v) is 3.58. The molecule has 1 aliphatic heterocycles. The van der Waals surface area contributed by atoms with E-state index in [0.29, 0.717) is 21.3 Å². The molecule has 0 aliphatic carbocycles. The summed E-state index contributed by atoms with van der Waals surface area (Å²) in [6, 6.07) is 12.1. The normalized spacial score (nSPS) is 14.0. The van der Waals surface area contributed by atoms with Crippen LogP contribution in [0.4, 0.5) is 5.13 Å². The Morgan fingerprint density at radius 3 is 2.33 bits per heavy atom. The molecule has 0 N–H and O–H groups in total. The minimum absolute atomic E-state index is 0.333. The first-order valence-electron chi connectivity index (χ1n) is 6.19. The highest BCUT2D eigenvalue weighted by Crippen LogP contribution is 2.35. The Kier molecular flexibility index (Phi) is 2.60. The number of fused-ring (bicyclic) bond motifs is 2. The Morgan fingerprint density at radius 2 is 1.67 bits per heavy atom. The van der Waals surface area contributed by atoms with Gasteiger partial charge in [0.1, 0.15) is 0 Å². The lowest BCUT2D eigenvalue weighted by Gasteiger charge is -2.08. The van der Waals surface area contributed by atoms with Gasteiger partial charge in [0.05, 0.1) is 21.3 Å². The van der Waals surface area contributed by atoms with Crippen molar-refractivity contribution in [3.8, 4) is 0 Å². The van der Waals surface area contributed by atoms with Gasteiger partial charge < -0.3 is 0 Å². The molecular formula is C15H7ClN2O2S. The Balaban J connectivity index is 1.86. The molecule has 0 bridgehead atoms. The number of amides is 2. The zero-order chi connectivity index (χ0) is 14.6. The molecule has 6 heteroatoms. The number of carbonyl (C=O) groups is 2. The SMILES string of the molecule is O=C1c2ccccc2C(=O)N1c1nc2ccc(Cl)cc2s1. The van der Waals surface area contributed by atoms with Crippen LogP contribution in [0, 0.1) is 0 Å². The molecule has 2 aromatic carbocycles. The lowest BCUT2D eigenvalue weighted by atomic mass is 10.1. The molecular weight excluding hydrogens is 308 g/mol. The average molecular weight is 315 g/mol. The molecule has 0 spiro atoms. The van der Waals surface area contributed by atoms with Gasteiger partial charge in [0, 0.05) is 5.02 Å². The van der Waals surface area contributed by atoms with Gasteiger partial charge in [0.2, 0.25) is 5.13 Å². The molecule has 4 nitrogen and oxygen atoms in total. The maximum Gasteiger partial charge on any atom is 0.268 e. The Labute approximate surface area is 128 Å². The van der Waals surface area contributed by atoms with Crippen LogP contribution in [-0.4, -0.2) is 16.8 Å². The largest absolute Gasteiger partial charge is 0.268 e. The Bertz CT molecular complexity index is 884. The summed E-state index contributed by atoms with van der Waals surface area (Å²) in [6.07, 6.45) is 0. The van der Waals surface area contributed by atoms with E-state index in [1.54, 1.807) is 42.5 Å². The molecule has 102 valence electrons. The van der Waals surface area contributed by atoms with Gasteiger partial charge in [-0.15, -0.1) is 0 Å². The lowest BCUT2D eigenvalue weighted by molar-refractivity contribution is 0.0926. The second-order valence-electron chi connectivity index (χ2n) is 4.60. The maximum atomic E-state index is 12.4. The molecule has 0 atom stereocenters. The van der Waals surface area contributed by atoms with Crippen LogP contribution in [0.3, 0.4) is 0 Å². The summed E-state index contributed by atoms with van der Waals surface area (Å²) in [4.78, 5) is 30.3. The summed E-state index contributed by atoms with van der Waals surface area (Å²) in [5.74, 6) is -0.665. The number of aromatic nitrogens is 1. The van der Waals surface area contributed by atoms with Crippen molar-refractivity contribution in [1.82, 2.24) is 4.98 Å². The van der Waals surface area contributed by atoms with Crippen molar-refractivity contribution in [2.45, 2.75) is 0 Å². The number of nitrogens with zero attached hydrogens (tertiary/aromatic N) is 2. The highest BCUT2D eigenvalue weighted by molar-refractivity contribution is 7.22. The monoisotopic (exact) mass is 314 g/mol. The molecule has 0 saturated carbocycles. The maximum absolute atomic E-state index is 12.4. The van der Waals surface area contributed by atoms with E-state index in [0.717, 1.165) is 15.1 Å². The van der Waals surface area contributed by atoms with Gasteiger partial charge in [-0.05, 0) is 30.3 Å². The van der Waals surface area contributed by atoms with E-state index >= 15 is 0 Å². The van der Waals surface area contributed by atoms with E-state index in [9.17, 15) is 9.59 Å². The number of hydrogen-bond acceptors (Lipinski definition) is 4. The van der Waals surface area contributed by atoms with E-state index < -0.39 is 0 Å². The van der Waals surface area contributed by atoms with E-state index in [1.165, 1.54) is 11.3 Å². The van der Waals surface area contributed by atoms with Gasteiger partial charge in [0.15, 0.2) is 0 Å². The summed E-state index contributed by atoms with van der Waals surface area (Å²) in [6.45, 7) is 0. The van der Waals surface area contributed by atoms with Crippen LogP contribution in [-0.2, 0) is 0 Å². The highest BCUT2D eigenvalue weighted by Gasteiger charge is 2.38. The van der Waals surface area contributed by atoms with Crippen molar-refractivity contribution in [2.75, 3.05) is 4.90 Å². The fourth-order valence-electron chi connectivity index (χ4n) is 2.34. The quantitative estimate of drug-likeness (QED) is 0.643. The van der Waals surface area contributed by atoms with Crippen LogP contribution in [0.15, 0.2) is 42.5 Å². The third-order valence-corrected chi connectivity index (χ3v) is 4.56. The average Bonchev–Trinajstić information content (AvgIpc) is 2.99. The Hall–Kier alpha value is -2.24. The van der Waals surface area contributed by atoms with Gasteiger partial charge >= 0.3 is 0 Å². The van der Waals surface area contributed by atoms with Crippen molar-refractivity contribution >= 4 is 50.1 Å². The van der Waals surface area contributed by atoms with Crippen molar-refractivity contribution in [3.05, 3.63) is 58.6 Å². The molecule has 21 heavy (non-hydrogen) atoms. The summed E-state index contributed by atoms with van der Waals surface area (Å²) >= 11 is 7.22. The molecule has 0 fully saturated rings. The molecule has 0 unspecified atom stereocenters. The molecule has 2 heterocycles. The molecule has 4 rings (SSSR count). The minimum Gasteiger partial charge on any atom is -0.268 e. The smallest absolute Gasteiger partial charge is 0.268 e. The second-order valence-corrected chi connectivity index (χ2v) is 6.05. The van der Waals surface area contributed by atoms with Gasteiger partial charge in [-0.3, -0.25) is 9.59 Å². The van der Waals surface area contributed by atoms with Gasteiger partial charge in [-0.25, -0.2) is 9.88 Å². The fraction of sp³-hybridized carbons (Fsp3) is 0. The van der Waals surface area contributed by atoms with Crippen LogP contribution in [0.25, 0.3) is 10.2 Å². The van der Waals surface area contributed by atoms with Crippen molar-refractivity contribution < 1.29 is 9.59 Å². The van der Waals surface area contributed by atoms with Crippen LogP contribution < -0.4 is 4.90 Å². The van der Waals surface area contributed by atoms with Gasteiger partial charge in [-0.1, -0.05) is 35.1 Å². The number of imide groups is 1. The van der Waals surface area contributed by atoms with Crippen molar-refractivity contribution in [1.29, 1.82) is 0 Å². The number of benzene rings is 2. The molecule has 3 aromatic rings. The third kappa shape index (κ3) is 1.78. The number of rotatable bonds is 1. The zero-order valence-corrected chi connectivity index (χ0v) is 12.1. The van der Waals surface area contributed by atoms with E-state index in [4.69, 9.17) is 11.6 Å². The Morgan fingerprint density at radius 1 is 1.00 bits per heavy atom. The predicted molar refractivity (Wildman–Crippen MR) is 82.2 cm³/mol. The summed E-state index contributed by atoms with van der Waals surface area (Å²) in [5.41, 5.74) is 1.55. The van der Waals surface area contributed by atoms with E-state index in [2.05, 4.69) is 4.98 Å². The van der Waals surface area contributed by atoms with Crippen molar-refractivity contribution in [3.63, 3.8) is 0 Å². The second kappa shape index (κ2) is 4.38. The predicted octanol–water partition coefficient (Wildman–Crippen LogP) is 3.75. The van der Waals surface area contributed by atoms with Gasteiger partial charge in [-0.2, -0.15) is 0 Å². The summed E-state index contributed by atoms with van der Waals surface area (Å²) < 4.78 is 0.842. The summed E-state index contributed by atoms with van der Waals surface area (Å²) in [5, 5.41) is 0.971. The van der Waals surface area contributed by atoms with Crippen LogP contribution >= 0.6 is 22.9 Å². The van der Waals surface area contributed by atoms with Crippen molar-refractivity contribution in [2.24, 2.45) is 0 Å². The van der Waals surface area contributed by atoms with Gasteiger partial charge in [0.25, 0.3) is 11.8 Å². The number of anilines is 1. The van der Waals surface area contributed by atoms with E-state index in [-0.39, 0.29) is 11.8 Å². The first-order chi connectivity index (χ1) is 10.1. The first kappa shape index (κ1) is 12.5. The van der Waals surface area contributed by atoms with Crippen LogP contribution in [0.1, 0.15) is 20.7 Å². The topological polar surface area (TPSA) is 50.3 Å². The number of halogens is 1. The molecule has 1 aromatic heterocycles. The molecule has 1 aliphatic rings. The van der Waals surface area contributed by atoms with E-state index in [1.807, 2.05) is 0 Å². The standard InChI is InChI=1S/C15H7ClN2O2S/c16-8-5-6-11-12(7-8)21-15(17-11)18-13(19)9-3-1-2-4-10(9)14(18)20/h1-7H. The zero-order valence-electron chi connectivity index (χ0n) is 10.5. The number of thiazole rings is 1. The summed E-state index contributed by atoms with van der Waals surface area (Å²) in [7, 11) is 0. The third-order valence-electron chi connectivity index (χ3n) is 3.32.